The monoisotopic (exact) mass is 267 g/mol. The van der Waals surface area contributed by atoms with Crippen LogP contribution in [0.5, 0.6) is 5.75 Å². The number of aryl methyl sites for hydroxylation is 1. The van der Waals surface area contributed by atoms with Gasteiger partial charge in [-0.05, 0) is 31.0 Å². The minimum Gasteiger partial charge on any atom is -0.507 e. The lowest BCUT2D eigenvalue weighted by Crippen LogP contribution is -2.26. The zero-order valence-electron chi connectivity index (χ0n) is 10.4. The molecule has 1 aliphatic carbocycles. The first kappa shape index (κ1) is 13.4. The summed E-state index contributed by atoms with van der Waals surface area (Å²) in [6.07, 6.45) is 4.99. The zero-order chi connectivity index (χ0) is 13.1. The van der Waals surface area contributed by atoms with Gasteiger partial charge in [0, 0.05) is 35.7 Å². The maximum Gasteiger partial charge on any atom is 0.123 e. The van der Waals surface area contributed by atoms with Crippen molar-refractivity contribution in [3.8, 4) is 5.75 Å². The molecule has 1 aliphatic rings. The largest absolute Gasteiger partial charge is 0.507 e. The molecule has 3 N–H and O–H groups in total. The van der Waals surface area contributed by atoms with Gasteiger partial charge >= 0.3 is 0 Å². The molecule has 98 valence electrons. The molecule has 3 nitrogen and oxygen atoms in total. The Bertz CT molecular complexity index is 459. The van der Waals surface area contributed by atoms with Crippen LogP contribution in [0.25, 0.3) is 0 Å². The standard InChI is InChI=1S/C14H18ClNO2/c1-9-4-12(15)6-11(14(9)18)7-16-13-3-2-10(5-13)8-17/h2-4,6,10,13,16-18H,5,7-8H2,1H3/t10-,13+/m0/s1. The molecule has 18 heavy (non-hydrogen) atoms. The van der Waals surface area contributed by atoms with Gasteiger partial charge in [0.25, 0.3) is 0 Å². The lowest BCUT2D eigenvalue weighted by molar-refractivity contribution is 0.246. The number of phenols is 1. The van der Waals surface area contributed by atoms with Crippen molar-refractivity contribution in [2.45, 2.75) is 25.9 Å². The first-order valence-corrected chi connectivity index (χ1v) is 6.48. The Balaban J connectivity index is 1.97. The molecule has 0 aliphatic heterocycles. The number of hydrogen-bond donors (Lipinski definition) is 3. The molecule has 2 atom stereocenters. The Labute approximate surface area is 112 Å². The number of rotatable bonds is 4. The third kappa shape index (κ3) is 3.05. The van der Waals surface area contributed by atoms with Crippen molar-refractivity contribution < 1.29 is 10.2 Å². The van der Waals surface area contributed by atoms with Gasteiger partial charge in [-0.15, -0.1) is 0 Å². The van der Waals surface area contributed by atoms with Crippen molar-refractivity contribution in [3.63, 3.8) is 0 Å². The van der Waals surface area contributed by atoms with Gasteiger partial charge in [-0.1, -0.05) is 23.8 Å². The van der Waals surface area contributed by atoms with Crippen molar-refractivity contribution in [1.82, 2.24) is 5.32 Å². The smallest absolute Gasteiger partial charge is 0.123 e. The van der Waals surface area contributed by atoms with Crippen molar-refractivity contribution in [1.29, 1.82) is 0 Å². The topological polar surface area (TPSA) is 52.5 Å². The Kier molecular flexibility index (Phi) is 4.27. The van der Waals surface area contributed by atoms with Gasteiger partial charge in [0.05, 0.1) is 0 Å². The fourth-order valence-corrected chi connectivity index (χ4v) is 2.54. The molecule has 2 rings (SSSR count). The normalized spacial score (nSPS) is 22.6. The van der Waals surface area contributed by atoms with Gasteiger partial charge in [-0.2, -0.15) is 0 Å². The summed E-state index contributed by atoms with van der Waals surface area (Å²) in [7, 11) is 0. The van der Waals surface area contributed by atoms with Crippen LogP contribution < -0.4 is 5.32 Å². The van der Waals surface area contributed by atoms with Gasteiger partial charge in [-0.25, -0.2) is 0 Å². The van der Waals surface area contributed by atoms with E-state index in [1.807, 2.05) is 13.0 Å². The van der Waals surface area contributed by atoms with Crippen molar-refractivity contribution in [2.75, 3.05) is 6.61 Å². The van der Waals surface area contributed by atoms with Crippen LogP contribution in [0.15, 0.2) is 24.3 Å². The SMILES string of the molecule is Cc1cc(Cl)cc(CN[C@@H]2C=C[C@H](CO)C2)c1O. The summed E-state index contributed by atoms with van der Waals surface area (Å²) in [5.74, 6) is 0.546. The summed E-state index contributed by atoms with van der Waals surface area (Å²) < 4.78 is 0. The van der Waals surface area contributed by atoms with Crippen LogP contribution in [-0.2, 0) is 6.54 Å². The van der Waals surface area contributed by atoms with Crippen LogP contribution >= 0.6 is 11.6 Å². The van der Waals surface area contributed by atoms with Crippen LogP contribution in [0.4, 0.5) is 0 Å². The second kappa shape index (κ2) is 5.74. The van der Waals surface area contributed by atoms with E-state index in [1.165, 1.54) is 0 Å². The lowest BCUT2D eigenvalue weighted by atomic mass is 10.1. The number of benzene rings is 1. The van der Waals surface area contributed by atoms with Crippen LogP contribution in [0.1, 0.15) is 17.5 Å². The van der Waals surface area contributed by atoms with Crippen LogP contribution in [0, 0.1) is 12.8 Å². The van der Waals surface area contributed by atoms with Gasteiger partial charge in [0.1, 0.15) is 5.75 Å². The first-order valence-electron chi connectivity index (χ1n) is 6.10. The number of phenolic OH excluding ortho intramolecular Hbond substituents is 1. The number of halogens is 1. The molecule has 0 spiro atoms. The van der Waals surface area contributed by atoms with Crippen molar-refractivity contribution in [2.24, 2.45) is 5.92 Å². The fourth-order valence-electron chi connectivity index (χ4n) is 2.24. The molecule has 0 bridgehead atoms. The van der Waals surface area contributed by atoms with E-state index in [0.717, 1.165) is 17.5 Å². The number of aliphatic hydroxyl groups excluding tert-OH is 1. The van der Waals surface area contributed by atoms with E-state index in [0.29, 0.717) is 17.3 Å². The third-order valence-corrected chi connectivity index (χ3v) is 3.52. The zero-order valence-corrected chi connectivity index (χ0v) is 11.1. The average molecular weight is 268 g/mol. The van der Waals surface area contributed by atoms with Crippen molar-refractivity contribution in [3.05, 3.63) is 40.4 Å². The van der Waals surface area contributed by atoms with E-state index in [9.17, 15) is 5.11 Å². The molecule has 4 heteroatoms. The van der Waals surface area contributed by atoms with Crippen molar-refractivity contribution >= 4 is 11.6 Å². The Morgan fingerprint density at radius 3 is 2.83 bits per heavy atom. The second-order valence-electron chi connectivity index (χ2n) is 4.78. The van der Waals surface area contributed by atoms with Gasteiger partial charge in [0.2, 0.25) is 0 Å². The molecule has 0 aromatic heterocycles. The summed E-state index contributed by atoms with van der Waals surface area (Å²) in [5, 5.41) is 23.0. The summed E-state index contributed by atoms with van der Waals surface area (Å²) in [4.78, 5) is 0. The van der Waals surface area contributed by atoms with Gasteiger partial charge < -0.3 is 15.5 Å². The molecule has 0 fully saturated rings. The fraction of sp³-hybridized carbons (Fsp3) is 0.429. The molecule has 0 saturated heterocycles. The predicted molar refractivity (Wildman–Crippen MR) is 72.8 cm³/mol. The number of nitrogens with one attached hydrogen (secondary N) is 1. The maximum absolute atomic E-state index is 9.94. The molecule has 0 saturated carbocycles. The highest BCUT2D eigenvalue weighted by molar-refractivity contribution is 6.30. The van der Waals surface area contributed by atoms with E-state index in [4.69, 9.17) is 16.7 Å². The molecular weight excluding hydrogens is 250 g/mol. The number of hydrogen-bond acceptors (Lipinski definition) is 3. The Morgan fingerprint density at radius 2 is 2.17 bits per heavy atom. The highest BCUT2D eigenvalue weighted by Gasteiger charge is 2.18. The molecule has 0 unspecified atom stereocenters. The highest BCUT2D eigenvalue weighted by Crippen LogP contribution is 2.27. The number of aromatic hydroxyl groups is 1. The third-order valence-electron chi connectivity index (χ3n) is 3.31. The predicted octanol–water partition coefficient (Wildman–Crippen LogP) is 2.38. The van der Waals surface area contributed by atoms with Crippen LogP contribution in [-0.4, -0.2) is 22.9 Å². The van der Waals surface area contributed by atoms with E-state index in [2.05, 4.69) is 11.4 Å². The van der Waals surface area contributed by atoms with E-state index < -0.39 is 0 Å². The summed E-state index contributed by atoms with van der Waals surface area (Å²) in [6, 6.07) is 3.78. The molecule has 1 aromatic rings. The summed E-state index contributed by atoms with van der Waals surface area (Å²) in [5.41, 5.74) is 1.59. The number of aliphatic hydroxyl groups is 1. The Morgan fingerprint density at radius 1 is 1.39 bits per heavy atom. The van der Waals surface area contributed by atoms with Gasteiger partial charge in [-0.3, -0.25) is 0 Å². The highest BCUT2D eigenvalue weighted by atomic mass is 35.5. The van der Waals surface area contributed by atoms with Gasteiger partial charge in [0.15, 0.2) is 0 Å². The van der Waals surface area contributed by atoms with E-state index in [1.54, 1.807) is 12.1 Å². The minimum absolute atomic E-state index is 0.191. The average Bonchev–Trinajstić information content (AvgIpc) is 2.80. The Hall–Kier alpha value is -1.03. The molecule has 1 aromatic carbocycles. The molecule has 0 heterocycles. The summed E-state index contributed by atoms with van der Waals surface area (Å²) >= 11 is 5.98. The molecule has 0 radical (unpaired) electrons. The second-order valence-corrected chi connectivity index (χ2v) is 5.22. The van der Waals surface area contributed by atoms with E-state index >= 15 is 0 Å². The van der Waals surface area contributed by atoms with Crippen LogP contribution in [0.2, 0.25) is 5.02 Å². The van der Waals surface area contributed by atoms with E-state index in [-0.39, 0.29) is 18.6 Å². The minimum atomic E-state index is 0.191. The first-order chi connectivity index (χ1) is 8.60. The lowest BCUT2D eigenvalue weighted by Gasteiger charge is -2.14. The maximum atomic E-state index is 9.94. The van der Waals surface area contributed by atoms with Crippen LogP contribution in [0.3, 0.4) is 0 Å². The summed E-state index contributed by atoms with van der Waals surface area (Å²) in [6.45, 7) is 2.60. The quantitative estimate of drug-likeness (QED) is 0.734. The molecular formula is C14H18ClNO2. The molecule has 0 amide bonds.